The van der Waals surface area contributed by atoms with Gasteiger partial charge in [0, 0.05) is 17.5 Å². The van der Waals surface area contributed by atoms with E-state index in [1.807, 2.05) is 6.07 Å². The minimum Gasteiger partial charge on any atom is -0.384 e. The Kier molecular flexibility index (Phi) is 3.63. The molecule has 0 radical (unpaired) electrons. The predicted molar refractivity (Wildman–Crippen MR) is 80.6 cm³/mol. The molecule has 0 fully saturated rings. The third-order valence-electron chi connectivity index (χ3n) is 3.22. The molecule has 2 heterocycles. The standard InChI is InChI=1S/C14H13ClN4S/c15-10-4-2-6-18-14(10)20-13-9(12(16)17)7-8-3-1-5-11(8)19-13/h2,4,6-7H,1,3,5H2,(H3,16,17). The van der Waals surface area contributed by atoms with Crippen LogP contribution in [0, 0.1) is 5.41 Å². The Balaban J connectivity index is 2.04. The van der Waals surface area contributed by atoms with E-state index in [0.29, 0.717) is 20.6 Å². The number of fused-ring (bicyclic) bond motifs is 1. The summed E-state index contributed by atoms with van der Waals surface area (Å²) in [5.41, 5.74) is 8.64. The Bertz CT molecular complexity index is 687. The maximum atomic E-state index is 7.73. The normalized spacial score (nSPS) is 13.2. The Morgan fingerprint density at radius 3 is 2.95 bits per heavy atom. The van der Waals surface area contributed by atoms with Crippen LogP contribution in [0.3, 0.4) is 0 Å². The van der Waals surface area contributed by atoms with E-state index in [9.17, 15) is 0 Å². The number of aryl methyl sites for hydroxylation is 2. The third kappa shape index (κ3) is 2.51. The predicted octanol–water partition coefficient (Wildman–Crippen LogP) is 3.05. The molecule has 0 amide bonds. The molecule has 1 aliphatic rings. The maximum Gasteiger partial charge on any atom is 0.125 e. The average Bonchev–Trinajstić information content (AvgIpc) is 2.87. The topological polar surface area (TPSA) is 75.7 Å². The number of hydrogen-bond acceptors (Lipinski definition) is 4. The molecule has 3 N–H and O–H groups in total. The summed E-state index contributed by atoms with van der Waals surface area (Å²) in [6.45, 7) is 0. The summed E-state index contributed by atoms with van der Waals surface area (Å²) in [4.78, 5) is 8.90. The zero-order valence-corrected chi connectivity index (χ0v) is 12.3. The lowest BCUT2D eigenvalue weighted by atomic mass is 10.1. The molecule has 2 aromatic heterocycles. The van der Waals surface area contributed by atoms with E-state index in [4.69, 9.17) is 22.7 Å². The SMILES string of the molecule is N=C(N)c1cc2c(nc1Sc1ncccc1Cl)CCC2. The Labute approximate surface area is 126 Å². The molecular formula is C14H13ClN4S. The molecule has 0 atom stereocenters. The second-order valence-electron chi connectivity index (χ2n) is 4.61. The highest BCUT2D eigenvalue weighted by Crippen LogP contribution is 2.34. The largest absolute Gasteiger partial charge is 0.384 e. The van der Waals surface area contributed by atoms with Gasteiger partial charge in [0.05, 0.1) is 5.02 Å². The molecular weight excluding hydrogens is 292 g/mol. The average molecular weight is 305 g/mol. The van der Waals surface area contributed by atoms with Crippen molar-refractivity contribution in [3.8, 4) is 0 Å². The van der Waals surface area contributed by atoms with E-state index >= 15 is 0 Å². The lowest BCUT2D eigenvalue weighted by Crippen LogP contribution is -2.14. The minimum absolute atomic E-state index is 0.0294. The third-order valence-corrected chi connectivity index (χ3v) is 4.66. The van der Waals surface area contributed by atoms with Crippen LogP contribution < -0.4 is 5.73 Å². The van der Waals surface area contributed by atoms with Crippen molar-refractivity contribution in [3.05, 3.63) is 46.2 Å². The van der Waals surface area contributed by atoms with Crippen molar-refractivity contribution in [1.29, 1.82) is 5.41 Å². The Morgan fingerprint density at radius 1 is 1.35 bits per heavy atom. The molecule has 0 bridgehead atoms. The van der Waals surface area contributed by atoms with E-state index in [1.165, 1.54) is 17.3 Å². The molecule has 0 saturated heterocycles. The van der Waals surface area contributed by atoms with Gasteiger partial charge < -0.3 is 5.73 Å². The van der Waals surface area contributed by atoms with Gasteiger partial charge in [-0.1, -0.05) is 11.6 Å². The van der Waals surface area contributed by atoms with Gasteiger partial charge >= 0.3 is 0 Å². The zero-order valence-electron chi connectivity index (χ0n) is 10.7. The number of nitrogen functional groups attached to an aromatic ring is 1. The number of nitrogens with two attached hydrogens (primary N) is 1. The Hall–Kier alpha value is -1.59. The van der Waals surface area contributed by atoms with Gasteiger partial charge in [0.15, 0.2) is 0 Å². The first-order valence-corrected chi connectivity index (χ1v) is 7.50. The molecule has 3 rings (SSSR count). The van der Waals surface area contributed by atoms with E-state index in [2.05, 4.69) is 9.97 Å². The summed E-state index contributed by atoms with van der Waals surface area (Å²) >= 11 is 7.49. The first-order valence-electron chi connectivity index (χ1n) is 6.30. The van der Waals surface area contributed by atoms with Gasteiger partial charge in [-0.15, -0.1) is 0 Å². The van der Waals surface area contributed by atoms with Crippen molar-refractivity contribution in [2.75, 3.05) is 0 Å². The summed E-state index contributed by atoms with van der Waals surface area (Å²) in [6, 6.07) is 5.56. The van der Waals surface area contributed by atoms with Gasteiger partial charge in [-0.25, -0.2) is 9.97 Å². The van der Waals surface area contributed by atoms with Crippen LogP contribution >= 0.6 is 23.4 Å². The van der Waals surface area contributed by atoms with Crippen molar-refractivity contribution < 1.29 is 0 Å². The molecule has 2 aromatic rings. The lowest BCUT2D eigenvalue weighted by molar-refractivity contribution is 0.891. The molecule has 4 nitrogen and oxygen atoms in total. The quantitative estimate of drug-likeness (QED) is 0.675. The van der Waals surface area contributed by atoms with Crippen molar-refractivity contribution in [3.63, 3.8) is 0 Å². The highest BCUT2D eigenvalue weighted by atomic mass is 35.5. The van der Waals surface area contributed by atoms with E-state index in [1.54, 1.807) is 18.3 Å². The number of halogens is 1. The Morgan fingerprint density at radius 2 is 2.20 bits per heavy atom. The summed E-state index contributed by atoms with van der Waals surface area (Å²) in [5.74, 6) is 0.0294. The van der Waals surface area contributed by atoms with Gasteiger partial charge in [-0.3, -0.25) is 5.41 Å². The van der Waals surface area contributed by atoms with Crippen LogP contribution in [0.4, 0.5) is 0 Å². The van der Waals surface area contributed by atoms with Gasteiger partial charge in [0.25, 0.3) is 0 Å². The molecule has 0 saturated carbocycles. The molecule has 102 valence electrons. The molecule has 20 heavy (non-hydrogen) atoms. The van der Waals surface area contributed by atoms with Gasteiger partial charge in [-0.05, 0) is 54.8 Å². The molecule has 6 heteroatoms. The fraction of sp³-hybridized carbons (Fsp3) is 0.214. The number of hydrogen-bond donors (Lipinski definition) is 2. The summed E-state index contributed by atoms with van der Waals surface area (Å²) in [7, 11) is 0. The van der Waals surface area contributed by atoms with Crippen LogP contribution in [0.5, 0.6) is 0 Å². The highest BCUT2D eigenvalue weighted by molar-refractivity contribution is 7.99. The highest BCUT2D eigenvalue weighted by Gasteiger charge is 2.19. The number of aromatic nitrogens is 2. The van der Waals surface area contributed by atoms with Crippen LogP contribution in [0.1, 0.15) is 23.2 Å². The number of amidine groups is 1. The van der Waals surface area contributed by atoms with Crippen LogP contribution in [-0.4, -0.2) is 15.8 Å². The number of nitrogens with one attached hydrogen (secondary N) is 1. The summed E-state index contributed by atoms with van der Waals surface area (Å²) in [6.07, 6.45) is 4.79. The monoisotopic (exact) mass is 304 g/mol. The minimum atomic E-state index is 0.0294. The van der Waals surface area contributed by atoms with E-state index in [0.717, 1.165) is 25.0 Å². The summed E-state index contributed by atoms with van der Waals surface area (Å²) in [5, 5.41) is 9.70. The van der Waals surface area contributed by atoms with Crippen LogP contribution in [0.2, 0.25) is 5.02 Å². The van der Waals surface area contributed by atoms with Crippen LogP contribution in [-0.2, 0) is 12.8 Å². The fourth-order valence-corrected chi connectivity index (χ4v) is 3.40. The summed E-state index contributed by atoms with van der Waals surface area (Å²) < 4.78 is 0. The second kappa shape index (κ2) is 5.42. The van der Waals surface area contributed by atoms with Crippen molar-refractivity contribution in [2.45, 2.75) is 29.3 Å². The van der Waals surface area contributed by atoms with Gasteiger partial charge in [-0.2, -0.15) is 0 Å². The fourth-order valence-electron chi connectivity index (χ4n) is 2.26. The molecule has 0 aliphatic heterocycles. The number of rotatable bonds is 3. The zero-order chi connectivity index (χ0) is 14.1. The van der Waals surface area contributed by atoms with Crippen LogP contribution in [0.15, 0.2) is 34.4 Å². The van der Waals surface area contributed by atoms with E-state index < -0.39 is 0 Å². The van der Waals surface area contributed by atoms with Crippen LogP contribution in [0.25, 0.3) is 0 Å². The molecule has 0 aromatic carbocycles. The van der Waals surface area contributed by atoms with Crippen molar-refractivity contribution in [1.82, 2.24) is 9.97 Å². The maximum absolute atomic E-state index is 7.73. The van der Waals surface area contributed by atoms with Crippen molar-refractivity contribution in [2.24, 2.45) is 5.73 Å². The number of pyridine rings is 2. The molecule has 0 spiro atoms. The van der Waals surface area contributed by atoms with Gasteiger partial charge in [0.1, 0.15) is 15.9 Å². The first kappa shape index (κ1) is 13.4. The second-order valence-corrected chi connectivity index (χ2v) is 5.99. The number of nitrogens with zero attached hydrogens (tertiary/aromatic N) is 2. The molecule has 1 aliphatic carbocycles. The van der Waals surface area contributed by atoms with Crippen molar-refractivity contribution >= 4 is 29.2 Å². The molecule has 0 unspecified atom stereocenters. The smallest absolute Gasteiger partial charge is 0.125 e. The van der Waals surface area contributed by atoms with Gasteiger partial charge in [0.2, 0.25) is 0 Å². The first-order chi connectivity index (χ1) is 9.65. The lowest BCUT2D eigenvalue weighted by Gasteiger charge is -2.10. The van der Waals surface area contributed by atoms with E-state index in [-0.39, 0.29) is 5.84 Å².